The Morgan fingerprint density at radius 2 is 1.35 bits per heavy atom. The van der Waals surface area contributed by atoms with Gasteiger partial charge in [-0.2, -0.15) is 5.10 Å². The molecule has 0 aliphatic heterocycles. The highest BCUT2D eigenvalue weighted by Gasteiger charge is 2.29. The minimum atomic E-state index is -0.169. The SMILES string of the molecule is COc1ccnc(-n2c3ccccc3c3ccc(Oc4cc(C)cc(-n5nc(C)c(-c6c(C)cc(C)cc6C)c5C(C)(C)C)c4)cc32)c1. The van der Waals surface area contributed by atoms with Gasteiger partial charge in [0.05, 0.1) is 35.2 Å². The molecule has 6 nitrogen and oxygen atoms in total. The van der Waals surface area contributed by atoms with Crippen LogP contribution in [0.5, 0.6) is 17.2 Å². The molecule has 0 radical (unpaired) electrons. The van der Waals surface area contributed by atoms with Crippen LogP contribution in [0.3, 0.4) is 0 Å². The van der Waals surface area contributed by atoms with Crippen molar-refractivity contribution in [2.24, 2.45) is 0 Å². The van der Waals surface area contributed by atoms with Gasteiger partial charge in [-0.1, -0.05) is 56.7 Å². The van der Waals surface area contributed by atoms with Gasteiger partial charge < -0.3 is 9.47 Å². The summed E-state index contributed by atoms with van der Waals surface area (Å²) in [4.78, 5) is 4.71. The molecule has 0 aliphatic rings. The molecule has 0 aliphatic carbocycles. The third-order valence-corrected chi connectivity index (χ3v) is 9.04. The van der Waals surface area contributed by atoms with E-state index < -0.39 is 0 Å². The van der Waals surface area contributed by atoms with E-state index >= 15 is 0 Å². The Hall–Kier alpha value is -5.36. The van der Waals surface area contributed by atoms with Crippen molar-refractivity contribution in [3.8, 4) is 39.9 Å². The van der Waals surface area contributed by atoms with E-state index in [1.54, 1.807) is 13.3 Å². The predicted octanol–water partition coefficient (Wildman–Crippen LogP) is 10.7. The van der Waals surface area contributed by atoms with Gasteiger partial charge in [0.15, 0.2) is 0 Å². The summed E-state index contributed by atoms with van der Waals surface area (Å²) in [6.07, 6.45) is 1.78. The lowest BCUT2D eigenvalue weighted by Crippen LogP contribution is -2.19. The molecule has 0 bridgehead atoms. The largest absolute Gasteiger partial charge is 0.497 e. The van der Waals surface area contributed by atoms with Crippen LogP contribution in [0.2, 0.25) is 0 Å². The Kier molecular flexibility index (Phi) is 7.62. The Labute approximate surface area is 282 Å². The van der Waals surface area contributed by atoms with Gasteiger partial charge in [-0.05, 0) is 93.3 Å². The number of methoxy groups -OCH3 is 1. The zero-order valence-electron chi connectivity index (χ0n) is 29.3. The van der Waals surface area contributed by atoms with Crippen LogP contribution >= 0.6 is 0 Å². The van der Waals surface area contributed by atoms with Gasteiger partial charge in [-0.3, -0.25) is 4.57 Å². The number of benzene rings is 4. The normalized spacial score (nSPS) is 11.9. The van der Waals surface area contributed by atoms with Crippen molar-refractivity contribution in [3.63, 3.8) is 0 Å². The van der Waals surface area contributed by atoms with Crippen LogP contribution in [-0.4, -0.2) is 26.4 Å². The maximum absolute atomic E-state index is 6.66. The number of aryl methyl sites for hydroxylation is 5. The fourth-order valence-corrected chi connectivity index (χ4v) is 7.24. The van der Waals surface area contributed by atoms with Crippen LogP contribution in [0.25, 0.3) is 44.4 Å². The summed E-state index contributed by atoms with van der Waals surface area (Å²) in [5.41, 5.74) is 12.5. The first-order valence-corrected chi connectivity index (χ1v) is 16.4. The Bertz CT molecular complexity index is 2330. The zero-order chi connectivity index (χ0) is 33.9. The maximum atomic E-state index is 6.66. The highest BCUT2D eigenvalue weighted by Crippen LogP contribution is 2.41. The average Bonchev–Trinajstić information content (AvgIpc) is 3.55. The monoisotopic (exact) mass is 634 g/mol. The van der Waals surface area contributed by atoms with Crippen LogP contribution in [0, 0.1) is 34.6 Å². The first-order valence-electron chi connectivity index (χ1n) is 16.4. The summed E-state index contributed by atoms with van der Waals surface area (Å²) in [6, 6.07) is 29.4. The van der Waals surface area contributed by atoms with E-state index in [2.05, 4.69) is 131 Å². The Morgan fingerprint density at radius 3 is 2.08 bits per heavy atom. The molecule has 3 heterocycles. The standard InChI is InChI=1S/C42H42N4O2/c1-25-18-27(3)39(28(4)19-25)40-29(5)44-46(41(40)42(6,7)8)30-20-26(2)21-33(22-30)48-32-14-15-35-34-12-10-11-13-36(34)45(37(35)23-32)38-24-31(47-9)16-17-43-38/h10-24H,1-9H3. The first kappa shape index (κ1) is 31.3. The maximum Gasteiger partial charge on any atom is 0.141 e. The number of nitrogens with zero attached hydrogens (tertiary/aromatic N) is 4. The molecule has 242 valence electrons. The van der Waals surface area contributed by atoms with Crippen molar-refractivity contribution >= 4 is 21.8 Å². The van der Waals surface area contributed by atoms with E-state index in [4.69, 9.17) is 19.6 Å². The molecule has 0 amide bonds. The summed E-state index contributed by atoms with van der Waals surface area (Å²) < 4.78 is 16.5. The Morgan fingerprint density at radius 1 is 0.646 bits per heavy atom. The van der Waals surface area contributed by atoms with E-state index in [1.165, 1.54) is 33.5 Å². The smallest absolute Gasteiger partial charge is 0.141 e. The quantitative estimate of drug-likeness (QED) is 0.183. The fraction of sp³-hybridized carbons (Fsp3) is 0.238. The second-order valence-corrected chi connectivity index (χ2v) is 13.9. The summed E-state index contributed by atoms with van der Waals surface area (Å²) in [5, 5.41) is 7.46. The summed E-state index contributed by atoms with van der Waals surface area (Å²) in [5.74, 6) is 3.04. The zero-order valence-corrected chi connectivity index (χ0v) is 29.3. The van der Waals surface area contributed by atoms with Crippen LogP contribution in [0.15, 0.2) is 91.1 Å². The summed E-state index contributed by atoms with van der Waals surface area (Å²) >= 11 is 0. The molecular weight excluding hydrogens is 592 g/mol. The molecule has 0 atom stereocenters. The number of aromatic nitrogens is 4. The number of fused-ring (bicyclic) bond motifs is 3. The van der Waals surface area contributed by atoms with Crippen LogP contribution in [-0.2, 0) is 5.41 Å². The van der Waals surface area contributed by atoms with Crippen molar-refractivity contribution in [3.05, 3.63) is 125 Å². The highest BCUT2D eigenvalue weighted by atomic mass is 16.5. The number of para-hydroxylation sites is 1. The molecule has 0 fully saturated rings. The summed E-state index contributed by atoms with van der Waals surface area (Å²) in [7, 11) is 1.67. The molecule has 6 heteroatoms. The van der Waals surface area contributed by atoms with Gasteiger partial charge in [-0.15, -0.1) is 0 Å². The number of ether oxygens (including phenoxy) is 2. The molecule has 0 N–H and O–H groups in total. The van der Waals surface area contributed by atoms with Gasteiger partial charge in [0, 0.05) is 46.1 Å². The van der Waals surface area contributed by atoms with Crippen molar-refractivity contribution < 1.29 is 9.47 Å². The molecule has 48 heavy (non-hydrogen) atoms. The molecule has 0 unspecified atom stereocenters. The van der Waals surface area contributed by atoms with Gasteiger partial charge in [0.2, 0.25) is 0 Å². The molecule has 7 rings (SSSR count). The van der Waals surface area contributed by atoms with Gasteiger partial charge in [-0.25, -0.2) is 9.67 Å². The molecule has 3 aromatic heterocycles. The Balaban J connectivity index is 1.35. The molecule has 0 saturated carbocycles. The minimum absolute atomic E-state index is 0.169. The molecular formula is C42H42N4O2. The van der Waals surface area contributed by atoms with Crippen LogP contribution < -0.4 is 9.47 Å². The highest BCUT2D eigenvalue weighted by molar-refractivity contribution is 6.09. The van der Waals surface area contributed by atoms with E-state index in [0.29, 0.717) is 0 Å². The lowest BCUT2D eigenvalue weighted by Gasteiger charge is -2.24. The van der Waals surface area contributed by atoms with Crippen molar-refractivity contribution in [1.29, 1.82) is 0 Å². The van der Waals surface area contributed by atoms with Crippen LogP contribution in [0.4, 0.5) is 0 Å². The molecule has 0 saturated heterocycles. The lowest BCUT2D eigenvalue weighted by molar-refractivity contribution is 0.414. The lowest BCUT2D eigenvalue weighted by atomic mass is 9.83. The first-order chi connectivity index (χ1) is 22.9. The van der Waals surface area contributed by atoms with Gasteiger partial charge in [0.25, 0.3) is 0 Å². The number of pyridine rings is 1. The second kappa shape index (κ2) is 11.7. The average molecular weight is 635 g/mol. The van der Waals surface area contributed by atoms with Crippen molar-refractivity contribution in [1.82, 2.24) is 19.3 Å². The molecule has 0 spiro atoms. The topological polar surface area (TPSA) is 54.1 Å². The number of hydrogen-bond acceptors (Lipinski definition) is 4. The number of rotatable bonds is 6. The molecule has 4 aromatic carbocycles. The third-order valence-electron chi connectivity index (χ3n) is 9.04. The molecule has 7 aromatic rings. The fourth-order valence-electron chi connectivity index (χ4n) is 7.24. The second-order valence-electron chi connectivity index (χ2n) is 13.9. The van der Waals surface area contributed by atoms with Gasteiger partial charge >= 0.3 is 0 Å². The van der Waals surface area contributed by atoms with Crippen LogP contribution in [0.1, 0.15) is 54.4 Å². The number of hydrogen-bond donors (Lipinski definition) is 0. The summed E-state index contributed by atoms with van der Waals surface area (Å²) in [6.45, 7) is 17.6. The van der Waals surface area contributed by atoms with E-state index in [1.807, 2.05) is 18.2 Å². The van der Waals surface area contributed by atoms with E-state index in [-0.39, 0.29) is 5.41 Å². The van der Waals surface area contributed by atoms with Crippen molar-refractivity contribution in [2.75, 3.05) is 7.11 Å². The van der Waals surface area contributed by atoms with Gasteiger partial charge in [0.1, 0.15) is 23.1 Å². The van der Waals surface area contributed by atoms with E-state index in [9.17, 15) is 0 Å². The van der Waals surface area contributed by atoms with E-state index in [0.717, 1.165) is 61.8 Å². The minimum Gasteiger partial charge on any atom is -0.497 e. The third kappa shape index (κ3) is 5.41. The van der Waals surface area contributed by atoms with Crippen molar-refractivity contribution in [2.45, 2.75) is 60.8 Å². The predicted molar refractivity (Wildman–Crippen MR) is 197 cm³/mol.